The second-order valence-electron chi connectivity index (χ2n) is 9.11. The second kappa shape index (κ2) is 8.48. The predicted molar refractivity (Wildman–Crippen MR) is 132 cm³/mol. The van der Waals surface area contributed by atoms with Crippen molar-refractivity contribution in [2.24, 2.45) is 0 Å². The average molecular weight is 473 g/mol. The van der Waals surface area contributed by atoms with Gasteiger partial charge in [0, 0.05) is 23.6 Å². The van der Waals surface area contributed by atoms with Gasteiger partial charge in [-0.1, -0.05) is 66.2 Å². The molecule has 2 unspecified atom stereocenters. The number of benzene rings is 2. The van der Waals surface area contributed by atoms with Gasteiger partial charge in [0.05, 0.1) is 24.4 Å². The van der Waals surface area contributed by atoms with Crippen molar-refractivity contribution < 1.29 is 14.3 Å². The molecule has 0 N–H and O–H groups in total. The first kappa shape index (κ1) is 21.2. The van der Waals surface area contributed by atoms with E-state index in [1.165, 1.54) is 22.3 Å². The molecule has 2 bridgehead atoms. The zero-order valence-electron chi connectivity index (χ0n) is 18.9. The standard InChI is InChI=1S/C28H25ClN2O3/c1-33-27-14-24(26(29)15-30-27)17-12-18-10-11-19(13-17)31(18)28(32)34-16-25-22-8-4-2-6-20(22)21-7-3-5-9-23(21)25/h2-9,12,14-15,18-19,25H,10-11,13,16H2,1H3. The molecule has 172 valence electrons. The molecular formula is C28H25ClN2O3. The van der Waals surface area contributed by atoms with Gasteiger partial charge in [-0.15, -0.1) is 0 Å². The van der Waals surface area contributed by atoms with Gasteiger partial charge >= 0.3 is 6.09 Å². The lowest BCUT2D eigenvalue weighted by atomic mass is 9.95. The lowest BCUT2D eigenvalue weighted by Crippen LogP contribution is -2.43. The van der Waals surface area contributed by atoms with E-state index >= 15 is 0 Å². The molecule has 3 aromatic rings. The molecular weight excluding hydrogens is 448 g/mol. The van der Waals surface area contributed by atoms with Crippen molar-refractivity contribution in [1.82, 2.24) is 9.88 Å². The van der Waals surface area contributed by atoms with E-state index in [1.807, 2.05) is 11.0 Å². The highest BCUT2D eigenvalue weighted by molar-refractivity contribution is 6.32. The maximum absolute atomic E-state index is 13.3. The molecule has 1 amide bonds. The van der Waals surface area contributed by atoms with Gasteiger partial charge in [0.2, 0.25) is 5.88 Å². The van der Waals surface area contributed by atoms with Crippen molar-refractivity contribution in [2.45, 2.75) is 37.3 Å². The van der Waals surface area contributed by atoms with Crippen molar-refractivity contribution >= 4 is 23.3 Å². The molecule has 0 radical (unpaired) electrons. The van der Waals surface area contributed by atoms with E-state index in [0.717, 1.165) is 30.4 Å². The Morgan fingerprint density at radius 3 is 2.44 bits per heavy atom. The fraction of sp³-hybridized carbons (Fsp3) is 0.286. The van der Waals surface area contributed by atoms with Crippen LogP contribution in [0.4, 0.5) is 4.79 Å². The molecule has 34 heavy (non-hydrogen) atoms. The van der Waals surface area contributed by atoms with Gasteiger partial charge in [0.1, 0.15) is 6.61 Å². The first-order valence-corrected chi connectivity index (χ1v) is 12.1. The Morgan fingerprint density at radius 1 is 1.06 bits per heavy atom. The highest BCUT2D eigenvalue weighted by Gasteiger charge is 2.41. The van der Waals surface area contributed by atoms with Gasteiger partial charge in [-0.05, 0) is 47.1 Å². The van der Waals surface area contributed by atoms with Crippen molar-refractivity contribution in [1.29, 1.82) is 0 Å². The maximum Gasteiger partial charge on any atom is 0.410 e. The van der Waals surface area contributed by atoms with Crippen LogP contribution in [0.5, 0.6) is 5.88 Å². The summed E-state index contributed by atoms with van der Waals surface area (Å²) in [4.78, 5) is 19.4. The number of amides is 1. The van der Waals surface area contributed by atoms with Crippen molar-refractivity contribution in [3.8, 4) is 17.0 Å². The molecule has 1 saturated heterocycles. The Labute approximate surface area is 204 Å². The Balaban J connectivity index is 1.21. The SMILES string of the molecule is COc1cc(C2=CC3CCC(C2)N3C(=O)OCC2c3ccccc3-c3ccccc32)c(Cl)cn1. The minimum absolute atomic E-state index is 0.0135. The number of nitrogens with zero attached hydrogens (tertiary/aromatic N) is 2. The molecule has 6 heteroatoms. The summed E-state index contributed by atoms with van der Waals surface area (Å²) in [6.45, 7) is 0.340. The van der Waals surface area contributed by atoms with Gasteiger partial charge in [0.15, 0.2) is 0 Å². The number of fused-ring (bicyclic) bond motifs is 5. The number of hydrogen-bond acceptors (Lipinski definition) is 4. The van der Waals surface area contributed by atoms with E-state index in [9.17, 15) is 4.79 Å². The number of aromatic nitrogens is 1. The van der Waals surface area contributed by atoms with E-state index in [4.69, 9.17) is 21.1 Å². The van der Waals surface area contributed by atoms with Crippen molar-refractivity contribution in [3.05, 3.63) is 88.6 Å². The summed E-state index contributed by atoms with van der Waals surface area (Å²) in [5.41, 5.74) is 6.98. The Kier molecular flexibility index (Phi) is 5.30. The fourth-order valence-electron chi connectivity index (χ4n) is 5.76. The summed E-state index contributed by atoms with van der Waals surface area (Å²) in [7, 11) is 1.60. The van der Waals surface area contributed by atoms with Crippen LogP contribution in [0.3, 0.4) is 0 Å². The van der Waals surface area contributed by atoms with E-state index < -0.39 is 0 Å². The number of pyridine rings is 1. The van der Waals surface area contributed by atoms with Crippen LogP contribution in [0.15, 0.2) is 66.9 Å². The number of carbonyl (C=O) groups excluding carboxylic acids is 1. The molecule has 1 aromatic heterocycles. The molecule has 3 aliphatic rings. The van der Waals surface area contributed by atoms with Crippen LogP contribution in [0.25, 0.3) is 16.7 Å². The first-order valence-electron chi connectivity index (χ1n) is 11.7. The van der Waals surface area contributed by atoms with Crippen LogP contribution in [0.2, 0.25) is 5.02 Å². The Bertz CT molecular complexity index is 1260. The van der Waals surface area contributed by atoms with Crippen LogP contribution in [0.1, 0.15) is 41.9 Å². The van der Waals surface area contributed by atoms with E-state index in [0.29, 0.717) is 17.5 Å². The number of methoxy groups -OCH3 is 1. The molecule has 1 fully saturated rings. The molecule has 5 nitrogen and oxygen atoms in total. The van der Waals surface area contributed by atoms with Crippen LogP contribution in [-0.2, 0) is 4.74 Å². The van der Waals surface area contributed by atoms with E-state index in [1.54, 1.807) is 13.3 Å². The van der Waals surface area contributed by atoms with Gasteiger partial charge in [-0.3, -0.25) is 4.90 Å². The average Bonchev–Trinajstić information content (AvgIpc) is 3.33. The quantitative estimate of drug-likeness (QED) is 0.446. The number of hydrogen-bond donors (Lipinski definition) is 0. The maximum atomic E-state index is 13.3. The molecule has 6 rings (SSSR count). The summed E-state index contributed by atoms with van der Waals surface area (Å²) in [6.07, 6.45) is 6.17. The zero-order chi connectivity index (χ0) is 23.2. The van der Waals surface area contributed by atoms with Crippen molar-refractivity contribution in [2.75, 3.05) is 13.7 Å². The van der Waals surface area contributed by atoms with Crippen LogP contribution < -0.4 is 4.74 Å². The van der Waals surface area contributed by atoms with Crippen LogP contribution in [0, 0.1) is 0 Å². The van der Waals surface area contributed by atoms with E-state index in [-0.39, 0.29) is 24.1 Å². The number of halogens is 1. The minimum Gasteiger partial charge on any atom is -0.481 e. The highest BCUT2D eigenvalue weighted by atomic mass is 35.5. The molecule has 2 aromatic carbocycles. The normalized spacial score (nSPS) is 20.5. The van der Waals surface area contributed by atoms with Gasteiger partial charge in [0.25, 0.3) is 0 Å². The monoisotopic (exact) mass is 472 g/mol. The van der Waals surface area contributed by atoms with Gasteiger partial charge in [-0.2, -0.15) is 0 Å². The third-order valence-corrected chi connectivity index (χ3v) is 7.63. The van der Waals surface area contributed by atoms with Gasteiger partial charge < -0.3 is 9.47 Å². The fourth-order valence-corrected chi connectivity index (χ4v) is 5.98. The van der Waals surface area contributed by atoms with Crippen LogP contribution >= 0.6 is 11.6 Å². The predicted octanol–water partition coefficient (Wildman–Crippen LogP) is 6.31. The summed E-state index contributed by atoms with van der Waals surface area (Å²) < 4.78 is 11.2. The third-order valence-electron chi connectivity index (χ3n) is 7.33. The van der Waals surface area contributed by atoms with Crippen LogP contribution in [-0.4, -0.2) is 41.8 Å². The topological polar surface area (TPSA) is 51.7 Å². The summed E-state index contributed by atoms with van der Waals surface area (Å²) in [6, 6.07) is 18.8. The molecule has 3 heterocycles. The highest BCUT2D eigenvalue weighted by Crippen LogP contribution is 2.45. The number of ether oxygens (including phenoxy) is 2. The van der Waals surface area contributed by atoms with Crippen molar-refractivity contribution in [3.63, 3.8) is 0 Å². The summed E-state index contributed by atoms with van der Waals surface area (Å²) >= 11 is 6.44. The zero-order valence-corrected chi connectivity index (χ0v) is 19.7. The molecule has 0 saturated carbocycles. The number of carbonyl (C=O) groups is 1. The van der Waals surface area contributed by atoms with E-state index in [2.05, 4.69) is 59.6 Å². The third kappa shape index (κ3) is 3.46. The largest absolute Gasteiger partial charge is 0.481 e. The first-order chi connectivity index (χ1) is 16.6. The van der Waals surface area contributed by atoms with Gasteiger partial charge in [-0.25, -0.2) is 9.78 Å². The molecule has 2 aliphatic heterocycles. The Hall–Kier alpha value is -3.31. The summed E-state index contributed by atoms with van der Waals surface area (Å²) in [5.74, 6) is 0.597. The number of rotatable bonds is 4. The lowest BCUT2D eigenvalue weighted by Gasteiger charge is -2.33. The Morgan fingerprint density at radius 2 is 1.76 bits per heavy atom. The molecule has 0 spiro atoms. The lowest BCUT2D eigenvalue weighted by molar-refractivity contribution is 0.0866. The minimum atomic E-state index is -0.233. The summed E-state index contributed by atoms with van der Waals surface area (Å²) in [5, 5.41) is 0.598. The molecule has 1 aliphatic carbocycles. The molecule has 2 atom stereocenters. The smallest absolute Gasteiger partial charge is 0.410 e. The second-order valence-corrected chi connectivity index (χ2v) is 9.52.